The molecule has 0 unspecified atom stereocenters. The number of fused-ring (bicyclic) bond motifs is 9. The van der Waals surface area contributed by atoms with Crippen molar-refractivity contribution in [2.45, 2.75) is 0 Å². The number of aromatic nitrogens is 4. The van der Waals surface area contributed by atoms with Crippen molar-refractivity contribution in [1.29, 1.82) is 0 Å². The maximum absolute atomic E-state index is 8.92. The molecular formula is C51H30N4. The third-order valence-corrected chi connectivity index (χ3v) is 10.8. The van der Waals surface area contributed by atoms with Gasteiger partial charge < -0.3 is 4.57 Å². The van der Waals surface area contributed by atoms with E-state index >= 15 is 0 Å². The minimum Gasteiger partial charge on any atom is -0.308 e. The van der Waals surface area contributed by atoms with Crippen molar-refractivity contribution in [2.75, 3.05) is 0 Å². The fraction of sp³-hybridized carbons (Fsp3) is 0. The summed E-state index contributed by atoms with van der Waals surface area (Å²) in [6.45, 7) is 0. The van der Waals surface area contributed by atoms with E-state index in [-0.39, 0.29) is 28.6 Å². The van der Waals surface area contributed by atoms with Crippen LogP contribution in [0, 0.1) is 0 Å². The zero-order valence-electron chi connectivity index (χ0n) is 38.8. The molecule has 12 rings (SSSR count). The molecule has 0 aliphatic carbocycles. The van der Waals surface area contributed by atoms with Crippen LogP contribution >= 0.6 is 0 Å². The highest BCUT2D eigenvalue weighted by Crippen LogP contribution is 2.47. The average molecular weight is 709 g/mol. The van der Waals surface area contributed by atoms with Crippen molar-refractivity contribution in [3.63, 3.8) is 0 Å². The molecule has 0 N–H and O–H groups in total. The Labute approximate surface area is 330 Å². The van der Waals surface area contributed by atoms with E-state index in [9.17, 15) is 0 Å². The van der Waals surface area contributed by atoms with E-state index in [1.807, 2.05) is 48.5 Å². The van der Waals surface area contributed by atoms with Crippen LogP contribution in [-0.4, -0.2) is 19.5 Å². The molecular weight excluding hydrogens is 669 g/mol. The Morgan fingerprint density at radius 3 is 1.42 bits per heavy atom. The van der Waals surface area contributed by atoms with Gasteiger partial charge in [-0.2, -0.15) is 0 Å². The topological polar surface area (TPSA) is 43.6 Å². The molecule has 0 atom stereocenters. The van der Waals surface area contributed by atoms with Crippen LogP contribution in [0.5, 0.6) is 0 Å². The van der Waals surface area contributed by atoms with Gasteiger partial charge in [0.05, 0.1) is 24.7 Å². The highest BCUT2D eigenvalue weighted by molar-refractivity contribution is 6.36. The normalized spacial score (nSPS) is 14.5. The van der Waals surface area contributed by atoms with E-state index in [0.717, 1.165) is 75.8 Å². The lowest BCUT2D eigenvalue weighted by molar-refractivity contribution is 1.07. The monoisotopic (exact) mass is 708 g/mol. The maximum atomic E-state index is 8.92. The lowest BCUT2D eigenvalue weighted by Crippen LogP contribution is -2.02. The second kappa shape index (κ2) is 11.5. The molecule has 4 heteroatoms. The third-order valence-electron chi connectivity index (χ3n) is 10.8. The Hall–Kier alpha value is -7.43. The zero-order chi connectivity index (χ0) is 44.7. The van der Waals surface area contributed by atoms with Gasteiger partial charge in [-0.25, -0.2) is 15.0 Å². The Kier molecular flexibility index (Phi) is 4.60. The maximum Gasteiger partial charge on any atom is 0.166 e. The van der Waals surface area contributed by atoms with Gasteiger partial charge in [0.15, 0.2) is 17.5 Å². The Morgan fingerprint density at radius 2 is 0.836 bits per heavy atom. The number of benzene rings is 10. The fourth-order valence-electron chi connectivity index (χ4n) is 8.51. The molecule has 0 saturated heterocycles. The third kappa shape index (κ3) is 4.37. The van der Waals surface area contributed by atoms with E-state index in [4.69, 9.17) is 23.7 Å². The summed E-state index contributed by atoms with van der Waals surface area (Å²) in [5.74, 6) is -0.649. The van der Waals surface area contributed by atoms with Crippen molar-refractivity contribution < 1.29 is 13.7 Å². The molecule has 2 aromatic heterocycles. The van der Waals surface area contributed by atoms with E-state index in [2.05, 4.69) is 82.3 Å². The van der Waals surface area contributed by atoms with Crippen LogP contribution in [0.1, 0.15) is 13.7 Å². The van der Waals surface area contributed by atoms with Gasteiger partial charge in [0.25, 0.3) is 0 Å². The number of hydrogen-bond donors (Lipinski definition) is 0. The lowest BCUT2D eigenvalue weighted by Gasteiger charge is -2.15. The van der Waals surface area contributed by atoms with Gasteiger partial charge in [0, 0.05) is 33.2 Å². The quantitative estimate of drug-likeness (QED) is 0.171. The average Bonchev–Trinajstić information content (AvgIpc) is 3.69. The van der Waals surface area contributed by atoms with Crippen molar-refractivity contribution >= 4 is 75.7 Å². The summed E-state index contributed by atoms with van der Waals surface area (Å²) in [7, 11) is 0. The first-order chi connectivity index (χ1) is 31.4. The van der Waals surface area contributed by atoms with Crippen LogP contribution in [0.2, 0.25) is 0 Å². The first-order valence-corrected chi connectivity index (χ1v) is 17.9. The molecule has 0 amide bonds. The molecule has 0 aliphatic heterocycles. The van der Waals surface area contributed by atoms with E-state index in [0.29, 0.717) is 11.1 Å². The van der Waals surface area contributed by atoms with Crippen LogP contribution in [0.15, 0.2) is 182 Å². The van der Waals surface area contributed by atoms with Gasteiger partial charge in [-0.15, -0.1) is 0 Å². The number of hydrogen-bond acceptors (Lipinski definition) is 3. The molecule has 10 aromatic carbocycles. The van der Waals surface area contributed by atoms with Gasteiger partial charge in [-0.3, -0.25) is 0 Å². The molecule has 4 nitrogen and oxygen atoms in total. The van der Waals surface area contributed by atoms with Gasteiger partial charge >= 0.3 is 0 Å². The van der Waals surface area contributed by atoms with Crippen molar-refractivity contribution in [1.82, 2.24) is 19.5 Å². The van der Waals surface area contributed by atoms with E-state index < -0.39 is 60.4 Å². The predicted octanol–water partition coefficient (Wildman–Crippen LogP) is 13.2. The summed E-state index contributed by atoms with van der Waals surface area (Å²) in [6, 6.07) is 35.6. The van der Waals surface area contributed by atoms with Crippen LogP contribution in [0.25, 0.3) is 116 Å². The smallest absolute Gasteiger partial charge is 0.166 e. The van der Waals surface area contributed by atoms with Gasteiger partial charge in [-0.05, 0) is 78.1 Å². The summed E-state index contributed by atoms with van der Waals surface area (Å²) in [4.78, 5) is 14.4. The van der Waals surface area contributed by atoms with Gasteiger partial charge in [-0.1, -0.05) is 157 Å². The summed E-state index contributed by atoms with van der Waals surface area (Å²) < 4.78 is 88.5. The molecule has 0 spiro atoms. The molecule has 2 heterocycles. The van der Waals surface area contributed by atoms with Gasteiger partial charge in [0.2, 0.25) is 0 Å². The first-order valence-electron chi connectivity index (χ1n) is 22.9. The Bertz CT molecular complexity index is 3910. The standard InChI is InChI=1S/C51H30N4/c1-3-14-31(15-4-1)49-52-50(32-16-5-2-6-17-32)54-51(53-49)43-29-28-42-38-22-11-10-21-37(38)41-24-13-25-45-46(41)47(42)48(43)55(45)33-26-27-40-36-20-8-7-18-34(36)35-19-9-12-23-39(35)44(40)30-33/h1-30H/i1D,2D,3D,4D,5D,6D,14D,15D,16D,17D. The first kappa shape index (κ1) is 21.9. The minimum atomic E-state index is -0.607. The summed E-state index contributed by atoms with van der Waals surface area (Å²) in [5.41, 5.74) is 2.26. The zero-order valence-corrected chi connectivity index (χ0v) is 28.8. The van der Waals surface area contributed by atoms with Crippen molar-refractivity contribution in [2.24, 2.45) is 0 Å². The SMILES string of the molecule is [2H]c1c([2H])c([2H])c(-c2nc(-c3c([2H])c([2H])c([2H])c([2H])c3[2H])nc(-c3ccc4c5ccccc5c5cccc6c5c4c3n6-c3ccc4c5ccccc5c5ccccc5c4c3)n2)c([2H])c1[2H]. The largest absolute Gasteiger partial charge is 0.308 e. The molecule has 0 aliphatic rings. The summed E-state index contributed by atoms with van der Waals surface area (Å²) in [5, 5.41) is 12.6. The Morgan fingerprint density at radius 1 is 0.382 bits per heavy atom. The Balaban J connectivity index is 1.26. The molecule has 55 heavy (non-hydrogen) atoms. The van der Waals surface area contributed by atoms with Crippen LogP contribution in [0.4, 0.5) is 0 Å². The van der Waals surface area contributed by atoms with Crippen LogP contribution < -0.4 is 0 Å². The predicted molar refractivity (Wildman–Crippen MR) is 229 cm³/mol. The van der Waals surface area contributed by atoms with Crippen molar-refractivity contribution in [3.8, 4) is 39.9 Å². The minimum absolute atomic E-state index is 0.00290. The van der Waals surface area contributed by atoms with E-state index in [1.165, 1.54) is 0 Å². The van der Waals surface area contributed by atoms with Crippen LogP contribution in [-0.2, 0) is 0 Å². The number of rotatable bonds is 4. The van der Waals surface area contributed by atoms with Gasteiger partial charge in [0.1, 0.15) is 0 Å². The molecule has 12 aromatic rings. The highest BCUT2D eigenvalue weighted by atomic mass is 15.0. The van der Waals surface area contributed by atoms with Crippen LogP contribution in [0.3, 0.4) is 0 Å². The molecule has 254 valence electrons. The summed E-state index contributed by atoms with van der Waals surface area (Å²) in [6.07, 6.45) is 0. The molecule has 0 fully saturated rings. The molecule has 0 radical (unpaired) electrons. The second-order valence-electron chi connectivity index (χ2n) is 13.6. The van der Waals surface area contributed by atoms with Crippen molar-refractivity contribution in [3.05, 3.63) is 182 Å². The number of nitrogens with zero attached hydrogens (tertiary/aromatic N) is 4. The molecule has 0 saturated carbocycles. The lowest BCUT2D eigenvalue weighted by atomic mass is 9.93. The summed E-state index contributed by atoms with van der Waals surface area (Å²) >= 11 is 0. The molecule has 0 bridgehead atoms. The second-order valence-corrected chi connectivity index (χ2v) is 13.6. The van der Waals surface area contributed by atoms with E-state index in [1.54, 1.807) is 0 Å². The fourth-order valence-corrected chi connectivity index (χ4v) is 8.51. The highest BCUT2D eigenvalue weighted by Gasteiger charge is 2.25.